The molecule has 1 saturated carbocycles. The highest BCUT2D eigenvalue weighted by Gasteiger charge is 2.79. The van der Waals surface area contributed by atoms with Crippen LogP contribution in [0.1, 0.15) is 86.2 Å². The molecule has 2 aliphatic heterocycles. The van der Waals surface area contributed by atoms with Crippen LogP contribution >= 0.6 is 0 Å². The molecular weight excluding hydrogens is 444 g/mol. The lowest BCUT2D eigenvalue weighted by Crippen LogP contribution is -2.59. The van der Waals surface area contributed by atoms with E-state index < -0.39 is 34.6 Å². The van der Waals surface area contributed by atoms with E-state index in [1.54, 1.807) is 24.3 Å². The summed E-state index contributed by atoms with van der Waals surface area (Å²) in [4.78, 5) is 11.9. The number of hydrogen-bond acceptors (Lipinski definition) is 8. The SMILES string of the molecule is COC(=O)c1ccc(C2OC34CCCCCCCCCCC3C(C#N)(C(=N)O4)C2(C#N)C#N)cc1. The fourth-order valence-corrected chi connectivity index (χ4v) is 6.13. The molecule has 3 aliphatic rings. The summed E-state index contributed by atoms with van der Waals surface area (Å²) < 4.78 is 17.5. The van der Waals surface area contributed by atoms with E-state index in [9.17, 15) is 20.6 Å². The van der Waals surface area contributed by atoms with Gasteiger partial charge in [0.25, 0.3) is 0 Å². The number of methoxy groups -OCH3 is 1. The Bertz CT molecular complexity index is 1100. The molecule has 0 amide bonds. The highest BCUT2D eigenvalue weighted by molar-refractivity contribution is 5.90. The van der Waals surface area contributed by atoms with Gasteiger partial charge in [-0.15, -0.1) is 0 Å². The fourth-order valence-electron chi connectivity index (χ4n) is 6.13. The van der Waals surface area contributed by atoms with Crippen LogP contribution in [0.25, 0.3) is 0 Å². The zero-order valence-corrected chi connectivity index (χ0v) is 20.0. The summed E-state index contributed by atoms with van der Waals surface area (Å²) in [6.07, 6.45) is 7.99. The van der Waals surface area contributed by atoms with Crippen LogP contribution in [0.3, 0.4) is 0 Å². The number of carbonyl (C=O) groups excluding carboxylic acids is 1. The van der Waals surface area contributed by atoms with Crippen molar-refractivity contribution in [2.75, 3.05) is 7.11 Å². The van der Waals surface area contributed by atoms with E-state index in [2.05, 4.69) is 18.2 Å². The van der Waals surface area contributed by atoms with Gasteiger partial charge in [-0.05, 0) is 30.5 Å². The standard InChI is InChI=1S/C27H30N4O4/c1-33-23(32)20-13-11-19(12-14-20)22-25(16-28,17-29)26(18-30)21-10-8-6-4-2-3-5-7-9-15-27(21,34-22)35-24(26)31/h11-14,21-22,31H,2-10,15H2,1H3. The first-order valence-corrected chi connectivity index (χ1v) is 12.3. The van der Waals surface area contributed by atoms with Gasteiger partial charge in [0.2, 0.25) is 17.1 Å². The van der Waals surface area contributed by atoms with Crippen LogP contribution in [0, 0.1) is 56.2 Å². The smallest absolute Gasteiger partial charge is 0.337 e. The molecule has 0 spiro atoms. The Kier molecular flexibility index (Phi) is 6.84. The van der Waals surface area contributed by atoms with Crippen molar-refractivity contribution in [3.8, 4) is 18.2 Å². The summed E-state index contributed by atoms with van der Waals surface area (Å²) in [6, 6.07) is 12.8. The van der Waals surface area contributed by atoms with Gasteiger partial charge >= 0.3 is 5.97 Å². The van der Waals surface area contributed by atoms with Crippen molar-refractivity contribution >= 4 is 11.9 Å². The number of rotatable bonds is 2. The minimum atomic E-state index is -1.99. The third-order valence-electron chi connectivity index (χ3n) is 7.95. The first-order valence-electron chi connectivity index (χ1n) is 12.3. The second-order valence-electron chi connectivity index (χ2n) is 9.73. The first-order chi connectivity index (χ1) is 16.9. The minimum Gasteiger partial charge on any atom is -0.465 e. The molecule has 0 aromatic heterocycles. The van der Waals surface area contributed by atoms with Gasteiger partial charge in [0.15, 0.2) is 5.41 Å². The van der Waals surface area contributed by atoms with Gasteiger partial charge < -0.3 is 14.2 Å². The van der Waals surface area contributed by atoms with E-state index in [1.807, 2.05) is 0 Å². The van der Waals surface area contributed by atoms with E-state index >= 15 is 0 Å². The number of carbonyl (C=O) groups is 1. The summed E-state index contributed by atoms with van der Waals surface area (Å²) in [5.41, 5.74) is -2.96. The lowest BCUT2D eigenvalue weighted by Gasteiger charge is -2.50. The third-order valence-corrected chi connectivity index (χ3v) is 7.95. The van der Waals surface area contributed by atoms with Crippen molar-refractivity contribution in [1.29, 1.82) is 21.2 Å². The number of nitriles is 3. The van der Waals surface area contributed by atoms with Gasteiger partial charge in [0.05, 0.1) is 36.8 Å². The van der Waals surface area contributed by atoms with E-state index in [0.717, 1.165) is 38.5 Å². The van der Waals surface area contributed by atoms with Crippen molar-refractivity contribution in [1.82, 2.24) is 0 Å². The van der Waals surface area contributed by atoms with Crippen molar-refractivity contribution in [2.24, 2.45) is 16.7 Å². The molecular formula is C27H30N4O4. The Balaban J connectivity index is 1.85. The molecule has 8 heteroatoms. The number of nitrogens with zero attached hydrogens (tertiary/aromatic N) is 3. The van der Waals surface area contributed by atoms with Crippen LogP contribution in [0.4, 0.5) is 0 Å². The molecule has 0 radical (unpaired) electrons. The number of hydrogen-bond donors (Lipinski definition) is 1. The summed E-state index contributed by atoms with van der Waals surface area (Å²) in [5, 5.41) is 40.3. The average molecular weight is 475 g/mol. The molecule has 1 aromatic rings. The third kappa shape index (κ3) is 3.67. The monoisotopic (exact) mass is 474 g/mol. The normalized spacial score (nSPS) is 32.2. The molecule has 8 nitrogen and oxygen atoms in total. The number of esters is 1. The summed E-state index contributed by atoms with van der Waals surface area (Å²) in [7, 11) is 1.29. The minimum absolute atomic E-state index is 0.315. The van der Waals surface area contributed by atoms with E-state index in [1.165, 1.54) is 20.0 Å². The lowest BCUT2D eigenvalue weighted by atomic mass is 9.52. The van der Waals surface area contributed by atoms with Crippen LogP contribution in [-0.2, 0) is 14.2 Å². The Labute approximate surface area is 205 Å². The van der Waals surface area contributed by atoms with Crippen molar-refractivity contribution in [3.63, 3.8) is 0 Å². The summed E-state index contributed by atoms with van der Waals surface area (Å²) in [6.45, 7) is 0. The Hall–Kier alpha value is -3.41. The molecule has 35 heavy (non-hydrogen) atoms. The topological polar surface area (TPSA) is 140 Å². The maximum Gasteiger partial charge on any atom is 0.337 e. The second-order valence-corrected chi connectivity index (χ2v) is 9.73. The van der Waals surface area contributed by atoms with Crippen LogP contribution in [0.5, 0.6) is 0 Å². The van der Waals surface area contributed by atoms with Gasteiger partial charge in [-0.25, -0.2) is 4.79 Å². The van der Waals surface area contributed by atoms with Gasteiger partial charge in [0.1, 0.15) is 6.10 Å². The predicted molar refractivity (Wildman–Crippen MR) is 125 cm³/mol. The molecule has 2 heterocycles. The molecule has 1 N–H and O–H groups in total. The summed E-state index contributed by atoms with van der Waals surface area (Å²) >= 11 is 0. The first kappa shape index (κ1) is 24.7. The van der Waals surface area contributed by atoms with Crippen molar-refractivity contribution in [2.45, 2.75) is 76.1 Å². The van der Waals surface area contributed by atoms with Crippen molar-refractivity contribution in [3.05, 3.63) is 35.4 Å². The van der Waals surface area contributed by atoms with Gasteiger partial charge in [-0.1, -0.05) is 57.1 Å². The Morgan fingerprint density at radius 3 is 2.14 bits per heavy atom. The zero-order chi connectivity index (χ0) is 25.1. The molecule has 2 bridgehead atoms. The highest BCUT2D eigenvalue weighted by atomic mass is 16.7. The molecule has 1 aromatic carbocycles. The Morgan fingerprint density at radius 2 is 1.57 bits per heavy atom. The van der Waals surface area contributed by atoms with Crippen LogP contribution < -0.4 is 0 Å². The van der Waals surface area contributed by atoms with Gasteiger partial charge in [-0.3, -0.25) is 5.41 Å². The molecule has 4 unspecified atom stereocenters. The summed E-state index contributed by atoms with van der Waals surface area (Å²) in [5.74, 6) is -2.72. The van der Waals surface area contributed by atoms with Gasteiger partial charge in [-0.2, -0.15) is 15.8 Å². The van der Waals surface area contributed by atoms with Crippen LogP contribution in [0.2, 0.25) is 0 Å². The predicted octanol–water partition coefficient (Wildman–Crippen LogP) is 5.32. The maximum absolute atomic E-state index is 11.9. The lowest BCUT2D eigenvalue weighted by molar-refractivity contribution is -0.287. The highest BCUT2D eigenvalue weighted by Crippen LogP contribution is 2.68. The number of benzene rings is 1. The molecule has 1 aliphatic carbocycles. The molecule has 4 rings (SSSR count). The fraction of sp³-hybridized carbons (Fsp3) is 0.593. The molecule has 2 saturated heterocycles. The Morgan fingerprint density at radius 1 is 0.971 bits per heavy atom. The average Bonchev–Trinajstić information content (AvgIpc) is 3.06. The van der Waals surface area contributed by atoms with E-state index in [-0.39, 0.29) is 5.90 Å². The molecule has 4 atom stereocenters. The maximum atomic E-state index is 11.9. The number of ether oxygens (including phenoxy) is 3. The van der Waals surface area contributed by atoms with Crippen LogP contribution in [0.15, 0.2) is 24.3 Å². The van der Waals surface area contributed by atoms with Gasteiger partial charge in [0, 0.05) is 6.42 Å². The largest absolute Gasteiger partial charge is 0.465 e. The molecule has 3 fully saturated rings. The van der Waals surface area contributed by atoms with E-state index in [4.69, 9.17) is 19.6 Å². The van der Waals surface area contributed by atoms with Crippen LogP contribution in [-0.4, -0.2) is 24.8 Å². The van der Waals surface area contributed by atoms with E-state index in [0.29, 0.717) is 24.0 Å². The van der Waals surface area contributed by atoms with Crippen molar-refractivity contribution < 1.29 is 19.0 Å². The molecule has 182 valence electrons. The second kappa shape index (κ2) is 9.68. The zero-order valence-electron chi connectivity index (χ0n) is 20.0. The quantitative estimate of drug-likeness (QED) is 0.572. The number of nitrogens with one attached hydrogen (secondary N) is 1.